The highest BCUT2D eigenvalue weighted by Gasteiger charge is 2.21. The van der Waals surface area contributed by atoms with Gasteiger partial charge in [0.25, 0.3) is 0 Å². The summed E-state index contributed by atoms with van der Waals surface area (Å²) in [6.07, 6.45) is 2.53. The minimum Gasteiger partial charge on any atom is -0.316 e. The van der Waals surface area contributed by atoms with Crippen LogP contribution in [0.4, 0.5) is 0 Å². The third kappa shape index (κ3) is 2.65. The van der Waals surface area contributed by atoms with Crippen molar-refractivity contribution in [1.29, 1.82) is 0 Å². The van der Waals surface area contributed by atoms with Crippen molar-refractivity contribution in [2.75, 3.05) is 20.1 Å². The number of rotatable bonds is 4. The summed E-state index contributed by atoms with van der Waals surface area (Å²) >= 11 is 0. The Balaban J connectivity index is 1.91. The van der Waals surface area contributed by atoms with Crippen molar-refractivity contribution in [3.05, 3.63) is 48.0 Å². The number of hydrogen-bond donors (Lipinski definition) is 2. The van der Waals surface area contributed by atoms with Crippen LogP contribution < -0.4 is 10.6 Å². The molecule has 0 radical (unpaired) electrons. The van der Waals surface area contributed by atoms with Crippen molar-refractivity contribution < 1.29 is 0 Å². The van der Waals surface area contributed by atoms with Crippen molar-refractivity contribution >= 4 is 10.8 Å². The van der Waals surface area contributed by atoms with Crippen molar-refractivity contribution in [3.8, 4) is 0 Å². The van der Waals surface area contributed by atoms with E-state index >= 15 is 0 Å². The molecule has 1 aliphatic heterocycles. The third-order valence-corrected chi connectivity index (χ3v) is 4.28. The Morgan fingerprint density at radius 3 is 2.84 bits per heavy atom. The summed E-state index contributed by atoms with van der Waals surface area (Å²) in [5, 5.41) is 9.69. The Morgan fingerprint density at radius 1 is 1.21 bits per heavy atom. The highest BCUT2D eigenvalue weighted by molar-refractivity contribution is 5.86. The average Bonchev–Trinajstić information content (AvgIpc) is 2.97. The summed E-state index contributed by atoms with van der Waals surface area (Å²) in [5.41, 5.74) is 1.44. The van der Waals surface area contributed by atoms with Crippen LogP contribution in [0.3, 0.4) is 0 Å². The van der Waals surface area contributed by atoms with Crippen LogP contribution in [0.25, 0.3) is 10.8 Å². The minimum atomic E-state index is 0.455. The van der Waals surface area contributed by atoms with Gasteiger partial charge in [-0.25, -0.2) is 0 Å². The maximum absolute atomic E-state index is 3.51. The van der Waals surface area contributed by atoms with Crippen molar-refractivity contribution in [3.63, 3.8) is 0 Å². The predicted octanol–water partition coefficient (Wildman–Crippen LogP) is 3.10. The molecule has 1 saturated heterocycles. The van der Waals surface area contributed by atoms with Gasteiger partial charge < -0.3 is 10.6 Å². The molecule has 0 saturated carbocycles. The SMILES string of the molecule is CNC(CC1CCNC1)c1cccc2ccccc12. The van der Waals surface area contributed by atoms with Gasteiger partial charge >= 0.3 is 0 Å². The lowest BCUT2D eigenvalue weighted by atomic mass is 9.91. The molecule has 3 rings (SSSR count). The highest BCUT2D eigenvalue weighted by Crippen LogP contribution is 2.29. The number of hydrogen-bond acceptors (Lipinski definition) is 2. The molecule has 2 aromatic carbocycles. The highest BCUT2D eigenvalue weighted by atomic mass is 14.9. The van der Waals surface area contributed by atoms with Gasteiger partial charge in [-0.3, -0.25) is 0 Å². The molecule has 1 aliphatic rings. The first-order valence-electron chi connectivity index (χ1n) is 7.24. The van der Waals surface area contributed by atoms with E-state index in [4.69, 9.17) is 0 Å². The lowest BCUT2D eigenvalue weighted by Crippen LogP contribution is -2.21. The molecule has 19 heavy (non-hydrogen) atoms. The number of fused-ring (bicyclic) bond motifs is 1. The van der Waals surface area contributed by atoms with Crippen LogP contribution in [0.15, 0.2) is 42.5 Å². The molecule has 0 amide bonds. The minimum absolute atomic E-state index is 0.455. The standard InChI is InChI=1S/C17H22N2/c1-18-17(11-13-9-10-19-12-13)16-8-4-6-14-5-2-3-7-15(14)16/h2-8,13,17-19H,9-12H2,1H3. The van der Waals surface area contributed by atoms with E-state index in [0.717, 1.165) is 5.92 Å². The van der Waals surface area contributed by atoms with Crippen LogP contribution >= 0.6 is 0 Å². The second-order valence-electron chi connectivity index (χ2n) is 5.50. The molecule has 2 atom stereocenters. The Morgan fingerprint density at radius 2 is 2.05 bits per heavy atom. The molecular formula is C17H22N2. The molecule has 0 aliphatic carbocycles. The predicted molar refractivity (Wildman–Crippen MR) is 81.3 cm³/mol. The summed E-state index contributed by atoms with van der Waals surface area (Å²) in [5.74, 6) is 0.802. The van der Waals surface area contributed by atoms with E-state index in [9.17, 15) is 0 Å². The molecule has 2 N–H and O–H groups in total. The van der Waals surface area contributed by atoms with E-state index in [1.807, 2.05) is 0 Å². The first-order valence-corrected chi connectivity index (χ1v) is 7.24. The van der Waals surface area contributed by atoms with Crippen LogP contribution in [0.2, 0.25) is 0 Å². The molecule has 1 heterocycles. The van der Waals surface area contributed by atoms with E-state index in [1.54, 1.807) is 0 Å². The van der Waals surface area contributed by atoms with Crippen LogP contribution in [-0.4, -0.2) is 20.1 Å². The Hall–Kier alpha value is -1.38. The molecule has 0 spiro atoms. The summed E-state index contributed by atoms with van der Waals surface area (Å²) < 4.78 is 0. The van der Waals surface area contributed by atoms with Gasteiger partial charge in [0, 0.05) is 6.04 Å². The van der Waals surface area contributed by atoms with Gasteiger partial charge in [-0.2, -0.15) is 0 Å². The van der Waals surface area contributed by atoms with Crippen molar-refractivity contribution in [1.82, 2.24) is 10.6 Å². The van der Waals surface area contributed by atoms with Crippen LogP contribution in [0, 0.1) is 5.92 Å². The Kier molecular flexibility index (Phi) is 3.81. The summed E-state index contributed by atoms with van der Waals surface area (Å²) in [6.45, 7) is 2.35. The van der Waals surface area contributed by atoms with Crippen molar-refractivity contribution in [2.45, 2.75) is 18.9 Å². The molecule has 100 valence electrons. The molecule has 0 bridgehead atoms. The average molecular weight is 254 g/mol. The molecule has 2 nitrogen and oxygen atoms in total. The fraction of sp³-hybridized carbons (Fsp3) is 0.412. The zero-order chi connectivity index (χ0) is 13.1. The zero-order valence-corrected chi connectivity index (χ0v) is 11.5. The van der Waals surface area contributed by atoms with Gasteiger partial charge in [-0.15, -0.1) is 0 Å². The first kappa shape index (κ1) is 12.6. The smallest absolute Gasteiger partial charge is 0.0326 e. The maximum Gasteiger partial charge on any atom is 0.0326 e. The Bertz CT molecular complexity index is 538. The third-order valence-electron chi connectivity index (χ3n) is 4.28. The van der Waals surface area contributed by atoms with Crippen LogP contribution in [0.5, 0.6) is 0 Å². The maximum atomic E-state index is 3.51. The lowest BCUT2D eigenvalue weighted by molar-refractivity contribution is 0.432. The normalized spacial score (nSPS) is 20.8. The molecule has 2 aromatic rings. The van der Waals surface area contributed by atoms with Gasteiger partial charge in [-0.1, -0.05) is 42.5 Å². The van der Waals surface area contributed by atoms with Gasteiger partial charge in [0.15, 0.2) is 0 Å². The first-order chi connectivity index (χ1) is 9.38. The topological polar surface area (TPSA) is 24.1 Å². The summed E-state index contributed by atoms with van der Waals surface area (Å²) in [7, 11) is 2.08. The summed E-state index contributed by atoms with van der Waals surface area (Å²) in [6, 6.07) is 15.8. The summed E-state index contributed by atoms with van der Waals surface area (Å²) in [4.78, 5) is 0. The molecule has 1 fully saturated rings. The molecular weight excluding hydrogens is 232 g/mol. The zero-order valence-electron chi connectivity index (χ0n) is 11.5. The lowest BCUT2D eigenvalue weighted by Gasteiger charge is -2.21. The molecule has 2 unspecified atom stereocenters. The van der Waals surface area contributed by atoms with Crippen LogP contribution in [-0.2, 0) is 0 Å². The van der Waals surface area contributed by atoms with Crippen molar-refractivity contribution in [2.24, 2.45) is 5.92 Å². The van der Waals surface area contributed by atoms with E-state index in [2.05, 4.69) is 60.1 Å². The number of nitrogens with one attached hydrogen (secondary N) is 2. The molecule has 2 heteroatoms. The fourth-order valence-electron chi connectivity index (χ4n) is 3.20. The van der Waals surface area contributed by atoms with E-state index in [1.165, 1.54) is 42.3 Å². The Labute approximate surface area is 115 Å². The van der Waals surface area contributed by atoms with Gasteiger partial charge in [0.05, 0.1) is 0 Å². The van der Waals surface area contributed by atoms with Gasteiger partial charge in [-0.05, 0) is 55.2 Å². The fourth-order valence-corrected chi connectivity index (χ4v) is 3.20. The van der Waals surface area contributed by atoms with E-state index < -0.39 is 0 Å². The van der Waals surface area contributed by atoms with E-state index in [0.29, 0.717) is 6.04 Å². The van der Waals surface area contributed by atoms with Gasteiger partial charge in [0.1, 0.15) is 0 Å². The molecule has 0 aromatic heterocycles. The monoisotopic (exact) mass is 254 g/mol. The largest absolute Gasteiger partial charge is 0.316 e. The van der Waals surface area contributed by atoms with Gasteiger partial charge in [0.2, 0.25) is 0 Å². The van der Waals surface area contributed by atoms with Crippen LogP contribution in [0.1, 0.15) is 24.4 Å². The second kappa shape index (κ2) is 5.72. The quantitative estimate of drug-likeness (QED) is 0.876. The second-order valence-corrected chi connectivity index (χ2v) is 5.50. The number of benzene rings is 2. The van der Waals surface area contributed by atoms with E-state index in [-0.39, 0.29) is 0 Å².